The van der Waals surface area contributed by atoms with Gasteiger partial charge in [-0.05, 0) is 61.7 Å². The lowest BCUT2D eigenvalue weighted by molar-refractivity contribution is -0.139. The average Bonchev–Trinajstić information content (AvgIpc) is 3.42. The van der Waals surface area contributed by atoms with E-state index in [1.165, 1.54) is 4.57 Å². The van der Waals surface area contributed by atoms with Crippen LogP contribution in [0.2, 0.25) is 5.02 Å². The molecule has 2 atom stereocenters. The van der Waals surface area contributed by atoms with Crippen molar-refractivity contribution in [3.8, 4) is 5.75 Å². The van der Waals surface area contributed by atoms with Crippen LogP contribution in [0.15, 0.2) is 52.1 Å². The summed E-state index contributed by atoms with van der Waals surface area (Å²) in [5.41, 5.74) is 1.49. The number of benzene rings is 2. The quantitative estimate of drug-likeness (QED) is 0.515. The Morgan fingerprint density at radius 2 is 1.89 bits per heavy atom. The molecule has 0 amide bonds. The van der Waals surface area contributed by atoms with Crippen molar-refractivity contribution >= 4 is 23.2 Å². The lowest BCUT2D eigenvalue weighted by Gasteiger charge is -2.19. The number of ether oxygens (including phenoxy) is 3. The summed E-state index contributed by atoms with van der Waals surface area (Å²) in [7, 11) is 0. The van der Waals surface area contributed by atoms with Crippen LogP contribution in [0.4, 0.5) is 11.6 Å². The van der Waals surface area contributed by atoms with E-state index in [0.717, 1.165) is 40.0 Å². The van der Waals surface area contributed by atoms with Crippen molar-refractivity contribution in [3.63, 3.8) is 0 Å². The van der Waals surface area contributed by atoms with Gasteiger partial charge in [0, 0.05) is 17.1 Å². The fourth-order valence-corrected chi connectivity index (χ4v) is 4.63. The van der Waals surface area contributed by atoms with Crippen LogP contribution in [0.3, 0.4) is 0 Å². The van der Waals surface area contributed by atoms with E-state index in [1.54, 1.807) is 26.0 Å². The van der Waals surface area contributed by atoms with E-state index in [-0.39, 0.29) is 31.7 Å². The van der Waals surface area contributed by atoms with Crippen LogP contribution in [0.5, 0.6) is 5.75 Å². The molecule has 9 nitrogen and oxygen atoms in total. The van der Waals surface area contributed by atoms with E-state index in [4.69, 9.17) is 25.8 Å². The van der Waals surface area contributed by atoms with Gasteiger partial charge in [0.25, 0.3) is 0 Å². The van der Waals surface area contributed by atoms with E-state index >= 15 is 0 Å². The number of aromatic nitrogens is 3. The smallest absolute Gasteiger partial charge is 0.355 e. The molecule has 2 aromatic carbocycles. The van der Waals surface area contributed by atoms with E-state index in [9.17, 15) is 9.59 Å². The van der Waals surface area contributed by atoms with Gasteiger partial charge in [0.05, 0.1) is 19.7 Å². The van der Waals surface area contributed by atoms with E-state index in [2.05, 4.69) is 17.2 Å². The SMILES string of the molecule is CCC1Cc2cc(Nc3nc(=O)n(C[C@H]4COC(C)(C)O4)c(=O)n3Cc3ccc(Cl)cc3)ccc2O1. The molecule has 10 heteroatoms. The molecule has 0 radical (unpaired) electrons. The van der Waals surface area contributed by atoms with Crippen molar-refractivity contribution in [2.45, 2.75) is 64.7 Å². The number of hydrogen-bond acceptors (Lipinski definition) is 7. The fraction of sp³-hybridized carbons (Fsp3) is 0.423. The summed E-state index contributed by atoms with van der Waals surface area (Å²) in [6.45, 7) is 6.21. The normalized spacial score (nSPS) is 20.2. The van der Waals surface area contributed by atoms with Crippen molar-refractivity contribution in [2.75, 3.05) is 11.9 Å². The van der Waals surface area contributed by atoms with Gasteiger partial charge in [0.2, 0.25) is 5.95 Å². The molecule has 0 bridgehead atoms. The summed E-state index contributed by atoms with van der Waals surface area (Å²) in [6.07, 6.45) is 1.46. The number of anilines is 2. The first kappa shape index (κ1) is 24.5. The van der Waals surface area contributed by atoms with Gasteiger partial charge in [-0.1, -0.05) is 30.7 Å². The average molecular weight is 513 g/mol. The molecule has 1 aromatic heterocycles. The highest BCUT2D eigenvalue weighted by atomic mass is 35.5. The maximum atomic E-state index is 13.6. The molecule has 0 aliphatic carbocycles. The minimum absolute atomic E-state index is 0.0452. The van der Waals surface area contributed by atoms with Crippen LogP contribution in [0.25, 0.3) is 0 Å². The van der Waals surface area contributed by atoms with Gasteiger partial charge in [-0.25, -0.2) is 14.2 Å². The zero-order valence-corrected chi connectivity index (χ0v) is 21.2. The van der Waals surface area contributed by atoms with Crippen molar-refractivity contribution in [2.24, 2.45) is 0 Å². The Bertz CT molecular complexity index is 1380. The second-order valence-electron chi connectivity index (χ2n) is 9.57. The Balaban J connectivity index is 1.50. The van der Waals surface area contributed by atoms with Crippen LogP contribution in [0.1, 0.15) is 38.3 Å². The summed E-state index contributed by atoms with van der Waals surface area (Å²) in [4.78, 5) is 30.8. The monoisotopic (exact) mass is 512 g/mol. The van der Waals surface area contributed by atoms with Crippen molar-refractivity contribution in [3.05, 3.63) is 79.6 Å². The summed E-state index contributed by atoms with van der Waals surface area (Å²) >= 11 is 6.04. The number of fused-ring (bicyclic) bond motifs is 1. The first-order valence-electron chi connectivity index (χ1n) is 12.1. The van der Waals surface area contributed by atoms with Gasteiger partial charge in [-0.2, -0.15) is 4.98 Å². The summed E-state index contributed by atoms with van der Waals surface area (Å²) in [5, 5.41) is 3.78. The first-order valence-corrected chi connectivity index (χ1v) is 12.4. The molecule has 1 saturated heterocycles. The second kappa shape index (κ2) is 9.72. The highest BCUT2D eigenvalue weighted by Crippen LogP contribution is 2.32. The number of hydrogen-bond donors (Lipinski definition) is 1. The zero-order chi connectivity index (χ0) is 25.4. The Hall–Kier alpha value is -3.14. The minimum atomic E-state index is -0.764. The third-order valence-corrected chi connectivity index (χ3v) is 6.62. The van der Waals surface area contributed by atoms with Crippen LogP contribution >= 0.6 is 11.6 Å². The molecule has 3 heterocycles. The molecule has 1 unspecified atom stereocenters. The lowest BCUT2D eigenvalue weighted by Crippen LogP contribution is -2.45. The zero-order valence-electron chi connectivity index (χ0n) is 20.5. The van der Waals surface area contributed by atoms with Crippen LogP contribution < -0.4 is 21.4 Å². The molecule has 3 aromatic rings. The summed E-state index contributed by atoms with van der Waals surface area (Å²) in [6, 6.07) is 12.9. The predicted molar refractivity (Wildman–Crippen MR) is 136 cm³/mol. The van der Waals surface area contributed by atoms with Gasteiger partial charge >= 0.3 is 11.4 Å². The highest BCUT2D eigenvalue weighted by molar-refractivity contribution is 6.30. The molecule has 1 fully saturated rings. The second-order valence-corrected chi connectivity index (χ2v) is 10.0. The third-order valence-electron chi connectivity index (χ3n) is 6.37. The van der Waals surface area contributed by atoms with Crippen LogP contribution in [-0.4, -0.2) is 38.7 Å². The van der Waals surface area contributed by atoms with E-state index < -0.39 is 23.3 Å². The summed E-state index contributed by atoms with van der Waals surface area (Å²) < 4.78 is 19.9. The Labute approximate surface area is 213 Å². The Morgan fingerprint density at radius 1 is 1.11 bits per heavy atom. The van der Waals surface area contributed by atoms with Crippen molar-refractivity contribution in [1.29, 1.82) is 0 Å². The molecule has 2 aliphatic rings. The summed E-state index contributed by atoms with van der Waals surface area (Å²) in [5.74, 6) is 0.252. The molecule has 0 spiro atoms. The topological polar surface area (TPSA) is 96.6 Å². The molecule has 1 N–H and O–H groups in total. The molecule has 2 aliphatic heterocycles. The first-order chi connectivity index (χ1) is 17.2. The van der Waals surface area contributed by atoms with Gasteiger partial charge in [0.15, 0.2) is 5.79 Å². The van der Waals surface area contributed by atoms with Gasteiger partial charge in [-0.15, -0.1) is 0 Å². The lowest BCUT2D eigenvalue weighted by atomic mass is 10.1. The standard InChI is InChI=1S/C26H29ClN4O5/c1-4-20-12-17-11-19(9-10-22(17)35-20)28-23-29-24(32)31(14-21-15-34-26(2,3)36-21)25(33)30(23)13-16-5-7-18(27)8-6-16/h5-11,20-21H,4,12-15H2,1-3H3,(H,28,29,32)/t20?,21-/m0/s1. The molecule has 0 saturated carbocycles. The minimum Gasteiger partial charge on any atom is -0.490 e. The maximum absolute atomic E-state index is 13.6. The van der Waals surface area contributed by atoms with Gasteiger partial charge in [-0.3, -0.25) is 4.57 Å². The van der Waals surface area contributed by atoms with Gasteiger partial charge < -0.3 is 19.5 Å². The number of nitrogens with one attached hydrogen (secondary N) is 1. The third kappa shape index (κ3) is 5.18. The molecule has 190 valence electrons. The Morgan fingerprint density at radius 3 is 2.58 bits per heavy atom. The molecule has 5 rings (SSSR count). The number of halogens is 1. The largest absolute Gasteiger partial charge is 0.490 e. The Kier molecular flexibility index (Phi) is 6.63. The predicted octanol–water partition coefficient (Wildman–Crippen LogP) is 3.72. The van der Waals surface area contributed by atoms with Crippen molar-refractivity contribution < 1.29 is 14.2 Å². The van der Waals surface area contributed by atoms with E-state index in [1.807, 2.05) is 30.3 Å². The number of nitrogens with zero attached hydrogens (tertiary/aromatic N) is 3. The fourth-order valence-electron chi connectivity index (χ4n) is 4.51. The molecule has 36 heavy (non-hydrogen) atoms. The van der Waals surface area contributed by atoms with Crippen LogP contribution in [0, 0.1) is 0 Å². The van der Waals surface area contributed by atoms with Gasteiger partial charge in [0.1, 0.15) is 18.0 Å². The number of rotatable bonds is 7. The van der Waals surface area contributed by atoms with E-state index in [0.29, 0.717) is 5.02 Å². The molecular weight excluding hydrogens is 484 g/mol. The van der Waals surface area contributed by atoms with Crippen LogP contribution in [-0.2, 0) is 29.0 Å². The molecular formula is C26H29ClN4O5. The maximum Gasteiger partial charge on any atom is 0.355 e. The van der Waals surface area contributed by atoms with Crippen molar-refractivity contribution in [1.82, 2.24) is 14.1 Å². The highest BCUT2D eigenvalue weighted by Gasteiger charge is 2.33.